The molecule has 2 nitrogen and oxygen atoms in total. The Morgan fingerprint density at radius 3 is 2.55 bits per heavy atom. The van der Waals surface area contributed by atoms with Gasteiger partial charge in [-0.05, 0) is 51.7 Å². The average molecular weight is 341 g/mol. The summed E-state index contributed by atoms with van der Waals surface area (Å²) < 4.78 is 26.9. The third-order valence-electron chi connectivity index (χ3n) is 3.00. The van der Waals surface area contributed by atoms with Crippen LogP contribution < -0.4 is 0 Å². The minimum absolute atomic E-state index is 0.0805. The molecule has 0 amide bonds. The number of rotatable bonds is 4. The van der Waals surface area contributed by atoms with Crippen molar-refractivity contribution in [2.75, 3.05) is 0 Å². The first-order chi connectivity index (χ1) is 9.49. The first-order valence-corrected chi connectivity index (χ1v) is 6.69. The second-order valence-electron chi connectivity index (χ2n) is 4.36. The predicted molar refractivity (Wildman–Crippen MR) is 74.6 cm³/mol. The molecule has 0 saturated carbocycles. The van der Waals surface area contributed by atoms with Gasteiger partial charge in [-0.15, -0.1) is 0 Å². The van der Waals surface area contributed by atoms with Crippen LogP contribution in [-0.4, -0.2) is 11.1 Å². The molecule has 2 aromatic carbocycles. The van der Waals surface area contributed by atoms with Crippen LogP contribution in [0, 0.1) is 11.6 Å². The quantitative estimate of drug-likeness (QED) is 0.908. The zero-order chi connectivity index (χ0) is 14.7. The molecular weight excluding hydrogens is 330 g/mol. The van der Waals surface area contributed by atoms with E-state index in [0.29, 0.717) is 11.1 Å². The Morgan fingerprint density at radius 2 is 1.90 bits per heavy atom. The highest BCUT2D eigenvalue weighted by Gasteiger charge is 2.22. The topological polar surface area (TPSA) is 37.3 Å². The number of benzene rings is 2. The number of carboxylic acids is 1. The Kier molecular flexibility index (Phi) is 4.49. The Bertz CT molecular complexity index is 644. The summed E-state index contributed by atoms with van der Waals surface area (Å²) in [6, 6.07) is 9.89. The van der Waals surface area contributed by atoms with Crippen LogP contribution in [0.15, 0.2) is 46.9 Å². The Morgan fingerprint density at radius 1 is 1.20 bits per heavy atom. The second kappa shape index (κ2) is 6.13. The van der Waals surface area contributed by atoms with Gasteiger partial charge in [0, 0.05) is 0 Å². The molecule has 0 radical (unpaired) electrons. The van der Waals surface area contributed by atoms with Gasteiger partial charge in [-0.2, -0.15) is 0 Å². The van der Waals surface area contributed by atoms with E-state index in [1.54, 1.807) is 12.1 Å². The molecule has 0 heterocycles. The molecule has 0 bridgehead atoms. The molecule has 0 aliphatic heterocycles. The first-order valence-electron chi connectivity index (χ1n) is 5.90. The number of hydrogen-bond donors (Lipinski definition) is 1. The van der Waals surface area contributed by atoms with Crippen molar-refractivity contribution in [1.82, 2.24) is 0 Å². The van der Waals surface area contributed by atoms with E-state index in [0.717, 1.165) is 0 Å². The molecular formula is C15H11BrF2O2. The van der Waals surface area contributed by atoms with Gasteiger partial charge >= 0.3 is 5.97 Å². The molecule has 0 aliphatic rings. The van der Waals surface area contributed by atoms with Gasteiger partial charge in [0.05, 0.1) is 10.4 Å². The molecule has 0 aromatic heterocycles. The molecule has 2 aromatic rings. The van der Waals surface area contributed by atoms with Gasteiger partial charge in [0.15, 0.2) is 0 Å². The molecule has 2 rings (SSSR count). The molecule has 0 saturated heterocycles. The van der Waals surface area contributed by atoms with Crippen LogP contribution in [0.4, 0.5) is 8.78 Å². The average Bonchev–Trinajstić information content (AvgIpc) is 2.40. The lowest BCUT2D eigenvalue weighted by Gasteiger charge is -2.14. The Hall–Kier alpha value is -1.75. The zero-order valence-electron chi connectivity index (χ0n) is 10.3. The molecule has 0 fully saturated rings. The highest BCUT2D eigenvalue weighted by Crippen LogP contribution is 2.27. The summed E-state index contributed by atoms with van der Waals surface area (Å²) >= 11 is 3.10. The molecule has 0 spiro atoms. The summed E-state index contributed by atoms with van der Waals surface area (Å²) in [7, 11) is 0. The predicted octanol–water partition coefficient (Wildman–Crippen LogP) is 4.14. The van der Waals surface area contributed by atoms with Gasteiger partial charge in [-0.1, -0.05) is 24.3 Å². The van der Waals surface area contributed by atoms with Gasteiger partial charge in [0.2, 0.25) is 0 Å². The van der Waals surface area contributed by atoms with E-state index < -0.39 is 23.5 Å². The van der Waals surface area contributed by atoms with Crippen molar-refractivity contribution < 1.29 is 18.7 Å². The van der Waals surface area contributed by atoms with E-state index in [-0.39, 0.29) is 10.9 Å². The first kappa shape index (κ1) is 14.7. The SMILES string of the molecule is O=C(O)C(Cc1cccc(F)c1Br)c1cccc(F)c1. The van der Waals surface area contributed by atoms with Gasteiger partial charge < -0.3 is 5.11 Å². The lowest BCUT2D eigenvalue weighted by Crippen LogP contribution is -2.15. The van der Waals surface area contributed by atoms with Crippen molar-refractivity contribution in [2.45, 2.75) is 12.3 Å². The molecule has 104 valence electrons. The number of carboxylic acid groups (broad SMARTS) is 1. The summed E-state index contributed by atoms with van der Waals surface area (Å²) in [5.41, 5.74) is 0.885. The van der Waals surface area contributed by atoms with Crippen LogP contribution in [0.1, 0.15) is 17.0 Å². The summed E-state index contributed by atoms with van der Waals surface area (Å²) in [4.78, 5) is 11.4. The van der Waals surface area contributed by atoms with E-state index >= 15 is 0 Å². The third-order valence-corrected chi connectivity index (χ3v) is 3.89. The smallest absolute Gasteiger partial charge is 0.311 e. The Balaban J connectivity index is 2.36. The van der Waals surface area contributed by atoms with E-state index in [9.17, 15) is 18.7 Å². The fourth-order valence-corrected chi connectivity index (χ4v) is 2.42. The molecule has 1 atom stereocenters. The van der Waals surface area contributed by atoms with Crippen molar-refractivity contribution in [2.24, 2.45) is 0 Å². The van der Waals surface area contributed by atoms with Crippen molar-refractivity contribution in [3.8, 4) is 0 Å². The maximum Gasteiger partial charge on any atom is 0.311 e. The van der Waals surface area contributed by atoms with Crippen molar-refractivity contribution in [1.29, 1.82) is 0 Å². The third kappa shape index (κ3) is 3.22. The van der Waals surface area contributed by atoms with Crippen LogP contribution in [0.25, 0.3) is 0 Å². The minimum atomic E-state index is -1.08. The highest BCUT2D eigenvalue weighted by atomic mass is 79.9. The largest absolute Gasteiger partial charge is 0.481 e. The van der Waals surface area contributed by atoms with Gasteiger partial charge in [-0.3, -0.25) is 4.79 Å². The van der Waals surface area contributed by atoms with E-state index in [1.165, 1.54) is 30.3 Å². The molecule has 20 heavy (non-hydrogen) atoms. The fraction of sp³-hybridized carbons (Fsp3) is 0.133. The van der Waals surface area contributed by atoms with Gasteiger partial charge in [0.1, 0.15) is 11.6 Å². The van der Waals surface area contributed by atoms with Crippen molar-refractivity contribution in [3.63, 3.8) is 0 Å². The fourth-order valence-electron chi connectivity index (χ4n) is 2.00. The second-order valence-corrected chi connectivity index (χ2v) is 5.16. The molecule has 1 N–H and O–H groups in total. The molecule has 0 aliphatic carbocycles. The highest BCUT2D eigenvalue weighted by molar-refractivity contribution is 9.10. The molecule has 1 unspecified atom stereocenters. The van der Waals surface area contributed by atoms with E-state index in [1.807, 2.05) is 0 Å². The van der Waals surface area contributed by atoms with Gasteiger partial charge in [-0.25, -0.2) is 8.78 Å². The van der Waals surface area contributed by atoms with E-state index in [4.69, 9.17) is 0 Å². The summed E-state index contributed by atoms with van der Waals surface area (Å²) in [6.07, 6.45) is 0.0805. The lowest BCUT2D eigenvalue weighted by molar-refractivity contribution is -0.138. The van der Waals surface area contributed by atoms with Crippen LogP contribution in [-0.2, 0) is 11.2 Å². The van der Waals surface area contributed by atoms with Crippen LogP contribution in [0.2, 0.25) is 0 Å². The summed E-state index contributed by atoms with van der Waals surface area (Å²) in [5, 5.41) is 9.31. The maximum atomic E-state index is 13.4. The Labute approximate surface area is 123 Å². The van der Waals surface area contributed by atoms with Crippen LogP contribution in [0.5, 0.6) is 0 Å². The normalized spacial score (nSPS) is 12.2. The summed E-state index contributed by atoms with van der Waals surface area (Å²) in [5.74, 6) is -2.95. The zero-order valence-corrected chi connectivity index (χ0v) is 11.9. The number of aliphatic carboxylic acids is 1. The van der Waals surface area contributed by atoms with Crippen LogP contribution in [0.3, 0.4) is 0 Å². The van der Waals surface area contributed by atoms with E-state index in [2.05, 4.69) is 15.9 Å². The number of carbonyl (C=O) groups is 1. The van der Waals surface area contributed by atoms with Crippen LogP contribution >= 0.6 is 15.9 Å². The lowest BCUT2D eigenvalue weighted by atomic mass is 9.92. The maximum absolute atomic E-state index is 13.4. The molecule has 5 heteroatoms. The standard InChI is InChI=1S/C15H11BrF2O2/c16-14-10(4-2-6-13(14)18)8-12(15(19)20)9-3-1-5-11(17)7-9/h1-7,12H,8H2,(H,19,20). The van der Waals surface area contributed by atoms with Gasteiger partial charge in [0.25, 0.3) is 0 Å². The number of hydrogen-bond acceptors (Lipinski definition) is 1. The van der Waals surface area contributed by atoms with Crippen molar-refractivity contribution in [3.05, 3.63) is 69.7 Å². The monoisotopic (exact) mass is 340 g/mol. The summed E-state index contributed by atoms with van der Waals surface area (Å²) in [6.45, 7) is 0. The number of halogens is 3. The van der Waals surface area contributed by atoms with Crippen molar-refractivity contribution >= 4 is 21.9 Å². The minimum Gasteiger partial charge on any atom is -0.481 e.